The zero-order valence-electron chi connectivity index (χ0n) is 9.98. The van der Waals surface area contributed by atoms with Crippen LogP contribution in [0.4, 0.5) is 5.82 Å². The third-order valence-electron chi connectivity index (χ3n) is 2.44. The van der Waals surface area contributed by atoms with Crippen molar-refractivity contribution in [1.82, 2.24) is 20.3 Å². The number of aromatic amines is 1. The molecule has 100 valence electrons. The first-order chi connectivity index (χ1) is 9.20. The zero-order chi connectivity index (χ0) is 13.7. The Balaban J connectivity index is 1.97. The van der Waals surface area contributed by atoms with Gasteiger partial charge in [0.05, 0.1) is 5.56 Å². The molecule has 0 saturated heterocycles. The number of aromatic nitrogens is 3. The number of nitrogens with two attached hydrogens (primary N) is 1. The van der Waals surface area contributed by atoms with Crippen LogP contribution in [0.15, 0.2) is 29.1 Å². The second-order valence-corrected chi connectivity index (χ2v) is 4.65. The molecule has 0 saturated carbocycles. The maximum Gasteiger partial charge on any atom is 0.255 e. The Morgan fingerprint density at radius 2 is 2.32 bits per heavy atom. The summed E-state index contributed by atoms with van der Waals surface area (Å²) in [5, 5.41) is 2.78. The van der Waals surface area contributed by atoms with Gasteiger partial charge in [0, 0.05) is 36.0 Å². The molecule has 0 radical (unpaired) electrons. The van der Waals surface area contributed by atoms with Crippen LogP contribution < -0.4 is 16.6 Å². The summed E-state index contributed by atoms with van der Waals surface area (Å²) in [6.07, 6.45) is 5.61. The Hall–Kier alpha value is -1.93. The molecule has 2 aromatic rings. The summed E-state index contributed by atoms with van der Waals surface area (Å²) in [5.41, 5.74) is 2.78. The van der Waals surface area contributed by atoms with Crippen LogP contribution in [0.5, 0.6) is 0 Å². The molecule has 0 bridgehead atoms. The Kier molecular flexibility index (Phi) is 4.48. The summed E-state index contributed by atoms with van der Waals surface area (Å²) in [5.74, 6) is 6.24. The Morgan fingerprint density at radius 1 is 1.47 bits per heavy atom. The van der Waals surface area contributed by atoms with Crippen molar-refractivity contribution in [1.29, 1.82) is 0 Å². The highest BCUT2D eigenvalue weighted by atomic mass is 79.9. The predicted octanol–water partition coefficient (Wildman–Crippen LogP) is 0.825. The van der Waals surface area contributed by atoms with Gasteiger partial charge in [-0.2, -0.15) is 0 Å². The minimum atomic E-state index is -0.242. The third kappa shape index (κ3) is 3.52. The van der Waals surface area contributed by atoms with E-state index in [9.17, 15) is 4.79 Å². The summed E-state index contributed by atoms with van der Waals surface area (Å²) in [4.78, 5) is 23.1. The highest BCUT2D eigenvalue weighted by molar-refractivity contribution is 9.10. The number of carbonyl (C=O) groups is 1. The number of hydrogen-bond donors (Lipinski definition) is 4. The number of carbonyl (C=O) groups excluding carboxylic acids is 1. The van der Waals surface area contributed by atoms with Crippen molar-refractivity contribution in [3.8, 4) is 0 Å². The van der Waals surface area contributed by atoms with Crippen LogP contribution in [0.25, 0.3) is 0 Å². The lowest BCUT2D eigenvalue weighted by Crippen LogP contribution is -2.27. The fourth-order valence-electron chi connectivity index (χ4n) is 1.55. The van der Waals surface area contributed by atoms with E-state index in [0.717, 1.165) is 5.82 Å². The molecule has 0 aliphatic rings. The number of hydrazine groups is 1. The number of pyridine rings is 1. The molecule has 1 amide bonds. The molecule has 8 heteroatoms. The number of amides is 1. The summed E-state index contributed by atoms with van der Waals surface area (Å²) >= 11 is 3.27. The Labute approximate surface area is 118 Å². The summed E-state index contributed by atoms with van der Waals surface area (Å²) < 4.78 is 0.711. The third-order valence-corrected chi connectivity index (χ3v) is 2.87. The van der Waals surface area contributed by atoms with Crippen molar-refractivity contribution in [2.75, 3.05) is 12.0 Å². The predicted molar refractivity (Wildman–Crippen MR) is 74.4 cm³/mol. The van der Waals surface area contributed by atoms with Crippen molar-refractivity contribution < 1.29 is 4.79 Å². The molecule has 2 aromatic heterocycles. The quantitative estimate of drug-likeness (QED) is 0.481. The van der Waals surface area contributed by atoms with Crippen LogP contribution >= 0.6 is 15.9 Å². The van der Waals surface area contributed by atoms with E-state index in [2.05, 4.69) is 41.6 Å². The normalized spacial score (nSPS) is 10.2. The van der Waals surface area contributed by atoms with E-state index < -0.39 is 0 Å². The molecule has 0 aromatic carbocycles. The van der Waals surface area contributed by atoms with Crippen molar-refractivity contribution in [3.63, 3.8) is 0 Å². The van der Waals surface area contributed by atoms with Crippen molar-refractivity contribution in [2.24, 2.45) is 5.84 Å². The first-order valence-electron chi connectivity index (χ1n) is 5.59. The molecule has 2 rings (SSSR count). The first-order valence-corrected chi connectivity index (χ1v) is 6.38. The Morgan fingerprint density at radius 3 is 3.00 bits per heavy atom. The van der Waals surface area contributed by atoms with Crippen molar-refractivity contribution in [2.45, 2.75) is 6.42 Å². The number of nitrogens with zero attached hydrogens (tertiary/aromatic N) is 2. The molecular weight excluding hydrogens is 312 g/mol. The highest BCUT2D eigenvalue weighted by Gasteiger charge is 2.12. The molecule has 0 unspecified atom stereocenters. The van der Waals surface area contributed by atoms with Crippen LogP contribution in [-0.2, 0) is 6.42 Å². The van der Waals surface area contributed by atoms with Gasteiger partial charge in [0.1, 0.15) is 5.82 Å². The molecule has 0 spiro atoms. The minimum absolute atomic E-state index is 0.242. The molecule has 0 aliphatic carbocycles. The number of imidazole rings is 1. The van der Waals surface area contributed by atoms with E-state index in [1.165, 1.54) is 0 Å². The maximum absolute atomic E-state index is 12.0. The van der Waals surface area contributed by atoms with Gasteiger partial charge in [0.25, 0.3) is 5.91 Å². The molecule has 2 heterocycles. The maximum atomic E-state index is 12.0. The van der Waals surface area contributed by atoms with E-state index >= 15 is 0 Å². The van der Waals surface area contributed by atoms with Crippen LogP contribution in [0.3, 0.4) is 0 Å². The monoisotopic (exact) mass is 324 g/mol. The van der Waals surface area contributed by atoms with Gasteiger partial charge in [0.15, 0.2) is 5.82 Å². The van der Waals surface area contributed by atoms with Crippen molar-refractivity contribution in [3.05, 3.63) is 40.5 Å². The fourth-order valence-corrected chi connectivity index (χ4v) is 1.88. The number of halogens is 1. The van der Waals surface area contributed by atoms with Gasteiger partial charge in [-0.25, -0.2) is 15.8 Å². The van der Waals surface area contributed by atoms with Crippen LogP contribution in [0.2, 0.25) is 0 Å². The van der Waals surface area contributed by atoms with Crippen LogP contribution in [0.1, 0.15) is 16.2 Å². The van der Waals surface area contributed by atoms with Gasteiger partial charge in [-0.05, 0) is 22.0 Å². The lowest BCUT2D eigenvalue weighted by molar-refractivity contribution is 0.0954. The molecule has 0 aliphatic heterocycles. The smallest absolute Gasteiger partial charge is 0.255 e. The second-order valence-electron chi connectivity index (χ2n) is 3.74. The first kappa shape index (κ1) is 13.5. The average Bonchev–Trinajstić information content (AvgIpc) is 2.91. The summed E-state index contributed by atoms with van der Waals surface area (Å²) in [6.45, 7) is 0.475. The van der Waals surface area contributed by atoms with Gasteiger partial charge >= 0.3 is 0 Å². The average molecular weight is 325 g/mol. The summed E-state index contributed by atoms with van der Waals surface area (Å²) in [7, 11) is 0. The van der Waals surface area contributed by atoms with E-state index in [4.69, 9.17) is 5.84 Å². The van der Waals surface area contributed by atoms with E-state index in [-0.39, 0.29) is 5.91 Å². The highest BCUT2D eigenvalue weighted by Crippen LogP contribution is 2.16. The van der Waals surface area contributed by atoms with Gasteiger partial charge in [-0.3, -0.25) is 4.79 Å². The number of rotatable bonds is 5. The SMILES string of the molecule is NNc1ncc(Br)cc1C(=O)NCCc1ncc[nH]1. The van der Waals surface area contributed by atoms with Gasteiger partial charge in [0.2, 0.25) is 0 Å². The molecule has 7 nitrogen and oxygen atoms in total. The number of hydrogen-bond acceptors (Lipinski definition) is 5. The lowest BCUT2D eigenvalue weighted by Gasteiger charge is -2.08. The van der Waals surface area contributed by atoms with E-state index in [0.29, 0.717) is 28.8 Å². The summed E-state index contributed by atoms with van der Waals surface area (Å²) in [6, 6.07) is 1.66. The zero-order valence-corrected chi connectivity index (χ0v) is 11.6. The fraction of sp³-hybridized carbons (Fsp3) is 0.182. The minimum Gasteiger partial charge on any atom is -0.351 e. The molecule has 0 fully saturated rings. The van der Waals surface area contributed by atoms with Gasteiger partial charge in [-0.15, -0.1) is 0 Å². The standard InChI is InChI=1S/C11H13BrN6O/c12-7-5-8(10(18-13)17-6-7)11(19)16-2-1-9-14-3-4-15-9/h3-6H,1-2,13H2,(H,14,15)(H,16,19)(H,17,18). The Bertz CT molecular complexity index is 556. The number of H-pyrrole nitrogens is 1. The molecule has 0 atom stereocenters. The molecule has 19 heavy (non-hydrogen) atoms. The number of anilines is 1. The molecular formula is C11H13BrN6O. The van der Waals surface area contributed by atoms with E-state index in [1.807, 2.05) is 0 Å². The lowest BCUT2D eigenvalue weighted by atomic mass is 10.2. The van der Waals surface area contributed by atoms with Crippen molar-refractivity contribution >= 4 is 27.7 Å². The second kappa shape index (κ2) is 6.30. The topological polar surface area (TPSA) is 109 Å². The van der Waals surface area contributed by atoms with Crippen LogP contribution in [-0.4, -0.2) is 27.4 Å². The van der Waals surface area contributed by atoms with Gasteiger partial charge < -0.3 is 15.7 Å². The van der Waals surface area contributed by atoms with Gasteiger partial charge in [-0.1, -0.05) is 0 Å². The van der Waals surface area contributed by atoms with Crippen LogP contribution in [0, 0.1) is 0 Å². The number of nitrogens with one attached hydrogen (secondary N) is 3. The molecule has 5 N–H and O–H groups in total. The number of nitrogen functional groups attached to an aromatic ring is 1. The van der Waals surface area contributed by atoms with E-state index in [1.54, 1.807) is 24.7 Å². The largest absolute Gasteiger partial charge is 0.351 e.